The van der Waals surface area contributed by atoms with Gasteiger partial charge in [-0.25, -0.2) is 4.79 Å². The molecular weight excluding hydrogens is 383 g/mol. The number of aromatic nitrogens is 1. The molecule has 3 rings (SSSR count). The number of nitrogens with zero attached hydrogens (tertiary/aromatic N) is 2. The second-order valence-electron chi connectivity index (χ2n) is 6.46. The van der Waals surface area contributed by atoms with Crippen molar-refractivity contribution >= 4 is 12.0 Å². The third-order valence-electron chi connectivity index (χ3n) is 4.39. The average molecular weight is 403 g/mol. The van der Waals surface area contributed by atoms with Crippen molar-refractivity contribution in [3.05, 3.63) is 18.0 Å². The Balaban J connectivity index is 1.43. The molecule has 0 saturated carbocycles. The van der Waals surface area contributed by atoms with Crippen LogP contribution < -0.4 is 14.8 Å². The van der Waals surface area contributed by atoms with Gasteiger partial charge in [0.15, 0.2) is 11.5 Å². The molecule has 1 aromatic rings. The first-order valence-electron chi connectivity index (χ1n) is 8.87. The fraction of sp³-hybridized carbons (Fsp3) is 0.588. The summed E-state index contributed by atoms with van der Waals surface area (Å²) < 4.78 is 53.4. The number of hydrogen-bond acceptors (Lipinski definition) is 6. The first kappa shape index (κ1) is 20.0. The minimum absolute atomic E-state index is 0.0764. The Morgan fingerprint density at radius 3 is 2.57 bits per heavy atom. The zero-order valence-electron chi connectivity index (χ0n) is 15.0. The lowest BCUT2D eigenvalue weighted by Gasteiger charge is -2.32. The Labute approximate surface area is 158 Å². The van der Waals surface area contributed by atoms with Gasteiger partial charge >= 0.3 is 18.2 Å². The third-order valence-corrected chi connectivity index (χ3v) is 4.39. The Hall–Kier alpha value is -2.72. The van der Waals surface area contributed by atoms with Gasteiger partial charge in [0.1, 0.15) is 6.61 Å². The van der Waals surface area contributed by atoms with Crippen molar-refractivity contribution < 1.29 is 37.0 Å². The topological polar surface area (TPSA) is 90.0 Å². The highest BCUT2D eigenvalue weighted by Crippen LogP contribution is 2.29. The van der Waals surface area contributed by atoms with Crippen LogP contribution in [0.3, 0.4) is 0 Å². The molecule has 0 bridgehead atoms. The van der Waals surface area contributed by atoms with E-state index in [1.165, 1.54) is 6.20 Å². The van der Waals surface area contributed by atoms with Crippen molar-refractivity contribution in [1.82, 2.24) is 15.2 Å². The summed E-state index contributed by atoms with van der Waals surface area (Å²) in [6.07, 6.45) is -2.87. The Bertz CT molecular complexity index is 720. The first-order valence-corrected chi connectivity index (χ1v) is 8.87. The predicted molar refractivity (Wildman–Crippen MR) is 88.8 cm³/mol. The molecule has 28 heavy (non-hydrogen) atoms. The fourth-order valence-electron chi connectivity index (χ4n) is 2.94. The maximum absolute atomic E-state index is 12.4. The number of halogens is 3. The predicted octanol–water partition coefficient (Wildman–Crippen LogP) is 2.02. The number of pyridine rings is 1. The number of rotatable bonds is 3. The molecule has 1 N–H and O–H groups in total. The molecule has 0 unspecified atom stereocenters. The summed E-state index contributed by atoms with van der Waals surface area (Å²) in [6.45, 7) is 0.821. The van der Waals surface area contributed by atoms with Crippen molar-refractivity contribution in [3.8, 4) is 11.5 Å². The lowest BCUT2D eigenvalue weighted by Crippen LogP contribution is -2.50. The van der Waals surface area contributed by atoms with Crippen LogP contribution in [-0.2, 0) is 16.1 Å². The molecule has 0 aromatic carbocycles. The van der Waals surface area contributed by atoms with Crippen LogP contribution in [0.25, 0.3) is 0 Å². The summed E-state index contributed by atoms with van der Waals surface area (Å²) >= 11 is 0. The Kier molecular flexibility index (Phi) is 6.10. The number of fused-ring (bicyclic) bond motifs is 1. The summed E-state index contributed by atoms with van der Waals surface area (Å²) in [7, 11) is 0. The van der Waals surface area contributed by atoms with Crippen molar-refractivity contribution in [2.75, 3.05) is 26.3 Å². The number of carbonyl (C=O) groups excluding carboxylic acids is 2. The maximum Gasteiger partial charge on any atom is 0.471 e. The smallest absolute Gasteiger partial charge is 0.471 e. The fourth-order valence-corrected chi connectivity index (χ4v) is 2.94. The highest BCUT2D eigenvalue weighted by Gasteiger charge is 2.43. The molecule has 154 valence electrons. The van der Waals surface area contributed by atoms with Gasteiger partial charge in [-0.3, -0.25) is 9.78 Å². The van der Waals surface area contributed by atoms with E-state index >= 15 is 0 Å². The second kappa shape index (κ2) is 8.53. The van der Waals surface area contributed by atoms with Crippen LogP contribution in [0.1, 0.15) is 25.0 Å². The van der Waals surface area contributed by atoms with Crippen molar-refractivity contribution in [2.45, 2.75) is 38.1 Å². The van der Waals surface area contributed by atoms with Crippen LogP contribution in [0.15, 0.2) is 12.3 Å². The van der Waals surface area contributed by atoms with Gasteiger partial charge in [-0.2, -0.15) is 13.2 Å². The molecule has 8 nitrogen and oxygen atoms in total. The van der Waals surface area contributed by atoms with Crippen LogP contribution in [0, 0.1) is 0 Å². The van der Waals surface area contributed by atoms with Gasteiger partial charge < -0.3 is 24.4 Å². The minimum Gasteiger partial charge on any atom is -0.489 e. The van der Waals surface area contributed by atoms with Crippen molar-refractivity contribution in [2.24, 2.45) is 0 Å². The van der Waals surface area contributed by atoms with Gasteiger partial charge in [-0.15, -0.1) is 0 Å². The van der Waals surface area contributed by atoms with Crippen LogP contribution in [0.4, 0.5) is 18.0 Å². The molecule has 1 fully saturated rings. The normalized spacial score (nSPS) is 17.6. The summed E-state index contributed by atoms with van der Waals surface area (Å²) in [5, 5.41) is 2.60. The molecule has 2 aliphatic rings. The van der Waals surface area contributed by atoms with Gasteiger partial charge in [0.2, 0.25) is 0 Å². The SMILES string of the molecule is O=C(NC1CCN(C(=O)C(F)(F)F)CC1)OCc1cc2c(cn1)OCCCO2. The third kappa shape index (κ3) is 5.17. The van der Waals surface area contributed by atoms with Gasteiger partial charge in [0, 0.05) is 31.6 Å². The Morgan fingerprint density at radius 1 is 1.21 bits per heavy atom. The largest absolute Gasteiger partial charge is 0.489 e. The zero-order valence-corrected chi connectivity index (χ0v) is 15.0. The van der Waals surface area contributed by atoms with Crippen LogP contribution in [0.2, 0.25) is 0 Å². The summed E-state index contributed by atoms with van der Waals surface area (Å²) in [6, 6.07) is 1.27. The number of likely N-dealkylation sites (tertiary alicyclic amines) is 1. The number of alkyl halides is 3. The highest BCUT2D eigenvalue weighted by molar-refractivity contribution is 5.82. The molecule has 3 heterocycles. The van der Waals surface area contributed by atoms with Gasteiger partial charge in [0.25, 0.3) is 0 Å². The van der Waals surface area contributed by atoms with E-state index in [4.69, 9.17) is 14.2 Å². The van der Waals surface area contributed by atoms with Crippen molar-refractivity contribution in [1.29, 1.82) is 0 Å². The van der Waals surface area contributed by atoms with Gasteiger partial charge in [-0.05, 0) is 12.8 Å². The van der Waals surface area contributed by atoms with Crippen molar-refractivity contribution in [3.63, 3.8) is 0 Å². The molecule has 0 atom stereocenters. The molecular formula is C17H20F3N3O5. The summed E-state index contributed by atoms with van der Waals surface area (Å²) in [5.41, 5.74) is 0.477. The monoisotopic (exact) mass is 403 g/mol. The molecule has 1 aromatic heterocycles. The quantitative estimate of drug-likeness (QED) is 0.831. The van der Waals surface area contributed by atoms with Crippen LogP contribution in [0.5, 0.6) is 11.5 Å². The number of alkyl carbamates (subject to hydrolysis) is 1. The summed E-state index contributed by atoms with van der Waals surface area (Å²) in [4.78, 5) is 28.0. The van der Waals surface area contributed by atoms with Crippen LogP contribution in [-0.4, -0.2) is 60.4 Å². The van der Waals surface area contributed by atoms with E-state index in [2.05, 4.69) is 10.3 Å². The van der Waals surface area contributed by atoms with Crippen LogP contribution >= 0.6 is 0 Å². The average Bonchev–Trinajstić information content (AvgIpc) is 2.90. The standard InChI is InChI=1S/C17H20F3N3O5/c18-17(19,20)15(24)23-4-2-11(3-5-23)22-16(25)28-10-12-8-13-14(9-21-12)27-7-1-6-26-13/h8-9,11H,1-7,10H2,(H,22,25). The first-order chi connectivity index (χ1) is 13.3. The number of amides is 2. The Morgan fingerprint density at radius 2 is 1.89 bits per heavy atom. The molecule has 0 aliphatic carbocycles. The van der Waals surface area contributed by atoms with E-state index in [0.29, 0.717) is 30.4 Å². The molecule has 11 heteroatoms. The van der Waals surface area contributed by atoms with E-state index in [-0.39, 0.29) is 38.6 Å². The number of piperidine rings is 1. The molecule has 0 radical (unpaired) electrons. The van der Waals surface area contributed by atoms with Gasteiger partial charge in [0.05, 0.1) is 25.1 Å². The minimum atomic E-state index is -4.88. The number of ether oxygens (including phenoxy) is 3. The molecule has 0 spiro atoms. The molecule has 2 aliphatic heterocycles. The van der Waals surface area contributed by atoms with E-state index in [1.807, 2.05) is 0 Å². The van der Waals surface area contributed by atoms with E-state index in [9.17, 15) is 22.8 Å². The highest BCUT2D eigenvalue weighted by atomic mass is 19.4. The summed E-state index contributed by atoms with van der Waals surface area (Å²) in [5.74, 6) is -0.784. The second-order valence-corrected chi connectivity index (χ2v) is 6.46. The number of hydrogen-bond donors (Lipinski definition) is 1. The van der Waals surface area contributed by atoms with E-state index in [0.717, 1.165) is 11.3 Å². The van der Waals surface area contributed by atoms with E-state index < -0.39 is 18.2 Å². The van der Waals surface area contributed by atoms with Gasteiger partial charge in [-0.1, -0.05) is 0 Å². The lowest BCUT2D eigenvalue weighted by atomic mass is 10.1. The molecule has 2 amide bonds. The zero-order chi connectivity index (χ0) is 20.1. The maximum atomic E-state index is 12.4. The number of carbonyl (C=O) groups is 2. The number of nitrogens with one attached hydrogen (secondary N) is 1. The molecule has 1 saturated heterocycles. The van der Waals surface area contributed by atoms with E-state index in [1.54, 1.807) is 6.07 Å². The lowest BCUT2D eigenvalue weighted by molar-refractivity contribution is -0.186.